The first-order chi connectivity index (χ1) is 22.0. The first kappa shape index (κ1) is 31.4. The number of hydrogen-bond acceptors (Lipinski definition) is 5. The normalized spacial score (nSPS) is 13.7. The van der Waals surface area contributed by atoms with E-state index in [1.54, 1.807) is 25.1 Å². The average molecular weight is 625 g/mol. The molecule has 0 N–H and O–H groups in total. The van der Waals surface area contributed by atoms with Crippen molar-refractivity contribution in [2.24, 2.45) is 0 Å². The number of fused-ring (bicyclic) bond motifs is 2. The number of carbonyl (C=O) groups excluding carboxylic acids is 1. The van der Waals surface area contributed by atoms with Crippen LogP contribution in [-0.4, -0.2) is 34.2 Å². The predicted molar refractivity (Wildman–Crippen MR) is 175 cm³/mol. The predicted octanol–water partition coefficient (Wildman–Crippen LogP) is 8.97. The van der Waals surface area contributed by atoms with Gasteiger partial charge in [-0.2, -0.15) is 0 Å². The van der Waals surface area contributed by atoms with Gasteiger partial charge < -0.3 is 18.6 Å². The van der Waals surface area contributed by atoms with E-state index in [1.807, 2.05) is 75.7 Å². The van der Waals surface area contributed by atoms with Crippen LogP contribution >= 0.6 is 0 Å². The van der Waals surface area contributed by atoms with Crippen LogP contribution in [0.3, 0.4) is 0 Å². The minimum atomic E-state index is -1.10. The number of benzene rings is 3. The van der Waals surface area contributed by atoms with Crippen molar-refractivity contribution in [2.45, 2.75) is 66.1 Å². The Hall–Kier alpha value is -4.56. The van der Waals surface area contributed by atoms with Crippen LogP contribution in [0, 0.1) is 25.5 Å². The molecule has 0 radical (unpaired) electrons. The standard InChI is InChI=1S/C38H38F2N2O4/c1-7-44-37(43)35(46-38(4,5)6)32-22(2)20-42-21-31(25-13-10-12-24(18-25)27-14-8-9-16-29(27)39)41-36(42)33(32)28-19-30(40)34-26(23(28)3)15-11-17-45-34/h8-10,12-14,16,18-21,35H,7,11,15,17H2,1-6H3/t35-/m0/s1. The van der Waals surface area contributed by atoms with Gasteiger partial charge in [-0.3, -0.25) is 0 Å². The zero-order valence-corrected chi connectivity index (χ0v) is 27.0. The van der Waals surface area contributed by atoms with Gasteiger partial charge in [-0.05, 0) is 94.8 Å². The first-order valence-corrected chi connectivity index (χ1v) is 15.6. The summed E-state index contributed by atoms with van der Waals surface area (Å²) in [4.78, 5) is 18.7. The van der Waals surface area contributed by atoms with Gasteiger partial charge >= 0.3 is 5.97 Å². The molecule has 0 unspecified atom stereocenters. The van der Waals surface area contributed by atoms with Gasteiger partial charge in [-0.15, -0.1) is 0 Å². The minimum Gasteiger partial charge on any atom is -0.490 e. The SMILES string of the molecule is CCOC(=O)[C@@H](OC(C)(C)C)c1c(C)cn2cc(-c3cccc(-c4ccccc4F)c3)nc2c1-c1cc(F)c2c(c1C)CCCO2. The third kappa shape index (κ3) is 5.89. The van der Waals surface area contributed by atoms with E-state index in [0.29, 0.717) is 46.6 Å². The number of carbonyl (C=O) groups is 1. The van der Waals surface area contributed by atoms with E-state index in [4.69, 9.17) is 19.2 Å². The number of aromatic nitrogens is 2. The molecule has 6 rings (SSSR count). The topological polar surface area (TPSA) is 62.1 Å². The number of aryl methyl sites for hydroxylation is 1. The third-order valence-electron chi connectivity index (χ3n) is 8.27. The Balaban J connectivity index is 1.64. The second kappa shape index (κ2) is 12.3. The summed E-state index contributed by atoms with van der Waals surface area (Å²) in [7, 11) is 0. The van der Waals surface area contributed by atoms with E-state index < -0.39 is 23.5 Å². The lowest BCUT2D eigenvalue weighted by Crippen LogP contribution is -2.30. The molecule has 3 heterocycles. The lowest BCUT2D eigenvalue weighted by molar-refractivity contribution is -0.166. The monoisotopic (exact) mass is 624 g/mol. The van der Waals surface area contributed by atoms with Gasteiger partial charge in [0.05, 0.1) is 24.5 Å². The van der Waals surface area contributed by atoms with Crippen LogP contribution in [0.15, 0.2) is 67.0 Å². The van der Waals surface area contributed by atoms with E-state index in [1.165, 1.54) is 12.1 Å². The van der Waals surface area contributed by atoms with E-state index >= 15 is 4.39 Å². The fraction of sp³-hybridized carbons (Fsp3) is 0.316. The summed E-state index contributed by atoms with van der Waals surface area (Å²) >= 11 is 0. The zero-order valence-electron chi connectivity index (χ0n) is 27.0. The van der Waals surface area contributed by atoms with E-state index in [0.717, 1.165) is 34.2 Å². The maximum absolute atomic E-state index is 15.8. The molecule has 0 aliphatic carbocycles. The number of esters is 1. The van der Waals surface area contributed by atoms with Gasteiger partial charge in [0, 0.05) is 40.2 Å². The molecule has 8 heteroatoms. The second-order valence-corrected chi connectivity index (χ2v) is 12.7. The smallest absolute Gasteiger partial charge is 0.339 e. The molecule has 0 saturated heterocycles. The Labute approximate surface area is 268 Å². The Kier molecular flexibility index (Phi) is 8.42. The molecular formula is C38H38F2N2O4. The number of ether oxygens (including phenoxy) is 3. The molecule has 5 aromatic rings. The van der Waals surface area contributed by atoms with Crippen molar-refractivity contribution < 1.29 is 27.8 Å². The number of imidazole rings is 1. The molecule has 0 fully saturated rings. The van der Waals surface area contributed by atoms with E-state index in [-0.39, 0.29) is 18.2 Å². The number of pyridine rings is 1. The number of rotatable bonds is 7. The maximum Gasteiger partial charge on any atom is 0.339 e. The Morgan fingerprint density at radius 3 is 2.50 bits per heavy atom. The van der Waals surface area contributed by atoms with Crippen LogP contribution in [0.5, 0.6) is 5.75 Å². The fourth-order valence-corrected chi connectivity index (χ4v) is 6.27. The van der Waals surface area contributed by atoms with Gasteiger partial charge in [0.25, 0.3) is 0 Å². The summed E-state index contributed by atoms with van der Waals surface area (Å²) in [5, 5.41) is 0. The van der Waals surface area contributed by atoms with Gasteiger partial charge in [0.15, 0.2) is 17.7 Å². The highest BCUT2D eigenvalue weighted by Crippen LogP contribution is 2.44. The molecule has 0 amide bonds. The molecule has 238 valence electrons. The van der Waals surface area contributed by atoms with Crippen LogP contribution in [0.2, 0.25) is 0 Å². The van der Waals surface area contributed by atoms with Gasteiger partial charge in [-0.1, -0.05) is 36.4 Å². The van der Waals surface area contributed by atoms with Gasteiger partial charge in [0.1, 0.15) is 11.5 Å². The molecule has 1 aliphatic heterocycles. The number of nitrogens with zero attached hydrogens (tertiary/aromatic N) is 2. The lowest BCUT2D eigenvalue weighted by atomic mass is 9.87. The van der Waals surface area contributed by atoms with Crippen molar-refractivity contribution in [3.05, 3.63) is 101 Å². The molecule has 6 nitrogen and oxygen atoms in total. The molecule has 46 heavy (non-hydrogen) atoms. The largest absolute Gasteiger partial charge is 0.490 e. The molecule has 0 bridgehead atoms. The zero-order chi connectivity index (χ0) is 32.7. The first-order valence-electron chi connectivity index (χ1n) is 15.6. The van der Waals surface area contributed by atoms with Crippen molar-refractivity contribution in [3.63, 3.8) is 0 Å². The summed E-state index contributed by atoms with van der Waals surface area (Å²) in [6, 6.07) is 15.7. The Morgan fingerprint density at radius 2 is 1.76 bits per heavy atom. The summed E-state index contributed by atoms with van der Waals surface area (Å²) in [5.41, 5.74) is 6.63. The molecular weight excluding hydrogens is 586 g/mol. The van der Waals surface area contributed by atoms with Gasteiger partial charge in [0.2, 0.25) is 0 Å². The molecule has 0 saturated carbocycles. The van der Waals surface area contributed by atoms with Crippen molar-refractivity contribution in [2.75, 3.05) is 13.2 Å². The minimum absolute atomic E-state index is 0.176. The highest BCUT2D eigenvalue weighted by atomic mass is 19.1. The highest BCUT2D eigenvalue weighted by molar-refractivity contribution is 5.90. The van der Waals surface area contributed by atoms with Crippen LogP contribution in [0.1, 0.15) is 62.5 Å². The molecule has 3 aromatic carbocycles. The molecule has 1 atom stereocenters. The van der Waals surface area contributed by atoms with Crippen LogP contribution in [-0.2, 0) is 20.7 Å². The van der Waals surface area contributed by atoms with Crippen LogP contribution < -0.4 is 4.74 Å². The average Bonchev–Trinajstić information content (AvgIpc) is 3.45. The van der Waals surface area contributed by atoms with Crippen LogP contribution in [0.4, 0.5) is 8.78 Å². The van der Waals surface area contributed by atoms with E-state index in [2.05, 4.69) is 0 Å². The quantitative estimate of drug-likeness (QED) is 0.169. The van der Waals surface area contributed by atoms with E-state index in [9.17, 15) is 9.18 Å². The summed E-state index contributed by atoms with van der Waals surface area (Å²) in [6.45, 7) is 11.9. The Morgan fingerprint density at radius 1 is 1.00 bits per heavy atom. The number of halogens is 2. The number of hydrogen-bond donors (Lipinski definition) is 0. The van der Waals surface area contributed by atoms with Crippen molar-refractivity contribution in [1.29, 1.82) is 0 Å². The fourth-order valence-electron chi connectivity index (χ4n) is 6.27. The third-order valence-corrected chi connectivity index (χ3v) is 8.27. The van der Waals surface area contributed by atoms with Crippen LogP contribution in [0.25, 0.3) is 39.2 Å². The van der Waals surface area contributed by atoms with Gasteiger partial charge in [-0.25, -0.2) is 18.6 Å². The maximum atomic E-state index is 15.8. The second-order valence-electron chi connectivity index (χ2n) is 12.7. The molecule has 0 spiro atoms. The van der Waals surface area contributed by atoms with Crippen molar-refractivity contribution >= 4 is 11.6 Å². The highest BCUT2D eigenvalue weighted by Gasteiger charge is 2.35. The summed E-state index contributed by atoms with van der Waals surface area (Å²) in [6.07, 6.45) is 4.15. The van der Waals surface area contributed by atoms with Crippen molar-refractivity contribution in [1.82, 2.24) is 9.38 Å². The summed E-state index contributed by atoms with van der Waals surface area (Å²) in [5.74, 6) is -1.03. The summed E-state index contributed by atoms with van der Waals surface area (Å²) < 4.78 is 50.1. The lowest BCUT2D eigenvalue weighted by Gasteiger charge is -2.30. The molecule has 1 aliphatic rings. The van der Waals surface area contributed by atoms with Crippen molar-refractivity contribution in [3.8, 4) is 39.3 Å². The molecule has 2 aromatic heterocycles. The Bertz CT molecular complexity index is 1960.